The predicted octanol–water partition coefficient (Wildman–Crippen LogP) is 4.24. The van der Waals surface area contributed by atoms with E-state index in [-0.39, 0.29) is 66.8 Å². The van der Waals surface area contributed by atoms with E-state index in [1.54, 1.807) is 31.1 Å². The van der Waals surface area contributed by atoms with Crippen molar-refractivity contribution in [3.05, 3.63) is 86.7 Å². The zero-order valence-electron chi connectivity index (χ0n) is 27.1. The van der Waals surface area contributed by atoms with Crippen molar-refractivity contribution in [2.75, 3.05) is 19.6 Å². The fraction of sp³-hybridized carbons (Fsp3) is 0.424. The van der Waals surface area contributed by atoms with Crippen molar-refractivity contribution in [3.63, 3.8) is 0 Å². The van der Waals surface area contributed by atoms with E-state index in [0.29, 0.717) is 35.2 Å². The van der Waals surface area contributed by atoms with E-state index < -0.39 is 23.9 Å². The van der Waals surface area contributed by atoms with Crippen LogP contribution in [0.4, 0.5) is 0 Å². The Kier molecular flexibility index (Phi) is 10.5. The number of amides is 4. The largest absolute Gasteiger partial charge is 0.443 e. The van der Waals surface area contributed by atoms with Crippen molar-refractivity contribution >= 4 is 35.0 Å². The Labute approximate surface area is 276 Å². The summed E-state index contributed by atoms with van der Waals surface area (Å²) in [6, 6.07) is 8.46. The van der Waals surface area contributed by atoms with E-state index in [9.17, 15) is 19.2 Å². The molecule has 248 valence electrons. The summed E-state index contributed by atoms with van der Waals surface area (Å²) in [6.07, 6.45) is 0.819. The first-order valence-electron chi connectivity index (χ1n) is 15.6. The lowest BCUT2D eigenvalue weighted by Gasteiger charge is -2.22. The van der Waals surface area contributed by atoms with Gasteiger partial charge in [0.05, 0.1) is 11.7 Å². The Bertz CT molecular complexity index is 1740. The average molecular weight is 662 g/mol. The summed E-state index contributed by atoms with van der Waals surface area (Å²) >= 11 is 1.27. The third kappa shape index (κ3) is 8.12. The molecule has 4 bridgehead atoms. The van der Waals surface area contributed by atoms with Crippen LogP contribution in [0.2, 0.25) is 0 Å². The number of fused-ring (bicyclic) bond motifs is 4. The van der Waals surface area contributed by atoms with Gasteiger partial charge in [0.2, 0.25) is 17.6 Å². The highest BCUT2D eigenvalue weighted by Gasteiger charge is 2.29. The van der Waals surface area contributed by atoms with E-state index >= 15 is 0 Å². The van der Waals surface area contributed by atoms with E-state index in [1.165, 1.54) is 11.3 Å². The van der Waals surface area contributed by atoms with Crippen LogP contribution in [0.3, 0.4) is 0 Å². The van der Waals surface area contributed by atoms with Gasteiger partial charge in [-0.2, -0.15) is 0 Å². The van der Waals surface area contributed by atoms with Gasteiger partial charge in [-0.1, -0.05) is 44.2 Å². The molecule has 4 amide bonds. The Balaban J connectivity index is 1.46. The molecular weight excluding hydrogens is 622 g/mol. The van der Waals surface area contributed by atoms with Gasteiger partial charge in [-0.15, -0.1) is 11.3 Å². The fourth-order valence-corrected chi connectivity index (χ4v) is 6.39. The van der Waals surface area contributed by atoms with Crippen LogP contribution in [-0.4, -0.2) is 63.1 Å². The van der Waals surface area contributed by atoms with E-state index in [2.05, 4.69) is 30.9 Å². The molecule has 0 unspecified atom stereocenters. The molecule has 0 fully saturated rings. The van der Waals surface area contributed by atoms with Crippen molar-refractivity contribution < 1.29 is 28.0 Å². The number of aromatic nitrogens is 3. The molecule has 5 rings (SSSR count). The first-order valence-corrected chi connectivity index (χ1v) is 16.5. The molecule has 1 aliphatic heterocycles. The van der Waals surface area contributed by atoms with Gasteiger partial charge in [0.25, 0.3) is 17.7 Å². The SMILES string of the molecule is Cc1nc(C)c(C(=O)N2CCCC(=O)N[C@@H](Cc3ccccc3)c3nc(c(C)o3)C(=O)N[C@@H](C(C)C)c3nc(cs3)C(=O)NCC2)o1. The molecule has 13 nitrogen and oxygen atoms in total. The number of oxazole rings is 2. The fourth-order valence-electron chi connectivity index (χ4n) is 5.36. The lowest BCUT2D eigenvalue weighted by Crippen LogP contribution is -2.40. The van der Waals surface area contributed by atoms with Crippen LogP contribution < -0.4 is 16.0 Å². The summed E-state index contributed by atoms with van der Waals surface area (Å²) in [5.74, 6) is -0.546. The average Bonchev–Trinajstić information content (AvgIpc) is 3.76. The number of nitrogens with one attached hydrogen (secondary N) is 3. The zero-order chi connectivity index (χ0) is 33.7. The highest BCUT2D eigenvalue weighted by atomic mass is 32.1. The van der Waals surface area contributed by atoms with Crippen LogP contribution in [-0.2, 0) is 11.2 Å². The van der Waals surface area contributed by atoms with Crippen molar-refractivity contribution in [2.45, 2.75) is 66.0 Å². The highest BCUT2D eigenvalue weighted by molar-refractivity contribution is 7.09. The lowest BCUT2D eigenvalue weighted by atomic mass is 10.0. The lowest BCUT2D eigenvalue weighted by molar-refractivity contribution is -0.122. The molecule has 0 radical (unpaired) electrons. The van der Waals surface area contributed by atoms with E-state index in [0.717, 1.165) is 5.56 Å². The smallest absolute Gasteiger partial charge is 0.291 e. The maximum absolute atomic E-state index is 13.5. The Morgan fingerprint density at radius 3 is 2.47 bits per heavy atom. The highest BCUT2D eigenvalue weighted by Crippen LogP contribution is 2.27. The van der Waals surface area contributed by atoms with E-state index in [4.69, 9.17) is 8.83 Å². The second-order valence-electron chi connectivity index (χ2n) is 11.8. The molecule has 4 heterocycles. The number of carbonyl (C=O) groups is 4. The molecule has 4 aromatic rings. The maximum atomic E-state index is 13.5. The molecule has 1 aromatic carbocycles. The van der Waals surface area contributed by atoms with Gasteiger partial charge in [-0.3, -0.25) is 19.2 Å². The van der Waals surface area contributed by atoms with E-state index in [1.807, 2.05) is 44.2 Å². The van der Waals surface area contributed by atoms with Gasteiger partial charge < -0.3 is 29.7 Å². The summed E-state index contributed by atoms with van der Waals surface area (Å²) in [5, 5.41) is 11.1. The Hall–Kier alpha value is -4.85. The van der Waals surface area contributed by atoms with Crippen LogP contribution in [0.15, 0.2) is 44.5 Å². The first-order chi connectivity index (χ1) is 22.5. The molecule has 0 saturated heterocycles. The topological polar surface area (TPSA) is 173 Å². The number of rotatable bonds is 4. The van der Waals surface area contributed by atoms with Gasteiger partial charge in [-0.25, -0.2) is 15.0 Å². The molecule has 3 N–H and O–H groups in total. The van der Waals surface area contributed by atoms with Gasteiger partial charge in [-0.05, 0) is 31.7 Å². The monoisotopic (exact) mass is 661 g/mol. The first kappa shape index (κ1) is 33.5. The van der Waals surface area contributed by atoms with Crippen LogP contribution in [0.25, 0.3) is 0 Å². The molecule has 14 heteroatoms. The van der Waals surface area contributed by atoms with Crippen LogP contribution in [0.5, 0.6) is 0 Å². The maximum Gasteiger partial charge on any atom is 0.291 e. The van der Waals surface area contributed by atoms with Gasteiger partial charge in [0, 0.05) is 44.8 Å². The number of hydrogen-bond acceptors (Lipinski definition) is 10. The standard InChI is InChI=1S/C33H39N7O6S/c1-18(2)26-32-37-24(17-47-32)29(42)34-13-15-40(33(44)28-19(3)35-21(5)46-28)14-9-12-25(41)36-23(16-22-10-7-6-8-11-22)31-39-27(20(4)45-31)30(43)38-26/h6-8,10-11,17-18,23,26H,9,12-16H2,1-5H3,(H,34,42)(H,36,41)(H,38,43)/t23-,26-/m0/s1. The number of aryl methyl sites for hydroxylation is 3. The van der Waals surface area contributed by atoms with Crippen molar-refractivity contribution in [2.24, 2.45) is 5.92 Å². The van der Waals surface area contributed by atoms with Crippen LogP contribution >= 0.6 is 11.3 Å². The van der Waals surface area contributed by atoms with Crippen LogP contribution in [0, 0.1) is 26.7 Å². The van der Waals surface area contributed by atoms with Crippen molar-refractivity contribution in [1.29, 1.82) is 0 Å². The molecule has 0 spiro atoms. The normalized spacial score (nSPS) is 18.4. The summed E-state index contributed by atoms with van der Waals surface area (Å²) in [4.78, 5) is 68.2. The third-order valence-corrected chi connectivity index (χ3v) is 8.73. The molecule has 1 aliphatic rings. The summed E-state index contributed by atoms with van der Waals surface area (Å²) in [6.45, 7) is 9.44. The Morgan fingerprint density at radius 2 is 1.77 bits per heavy atom. The number of carbonyl (C=O) groups excluding carboxylic acids is 4. The summed E-state index contributed by atoms with van der Waals surface area (Å²) < 4.78 is 11.6. The minimum atomic E-state index is -0.647. The number of benzene rings is 1. The van der Waals surface area contributed by atoms with Crippen molar-refractivity contribution in [3.8, 4) is 0 Å². The van der Waals surface area contributed by atoms with Gasteiger partial charge in [0.15, 0.2) is 11.6 Å². The summed E-state index contributed by atoms with van der Waals surface area (Å²) in [5.41, 5.74) is 1.73. The zero-order valence-corrected chi connectivity index (χ0v) is 27.9. The minimum Gasteiger partial charge on any atom is -0.443 e. The van der Waals surface area contributed by atoms with Crippen molar-refractivity contribution in [1.82, 2.24) is 35.8 Å². The van der Waals surface area contributed by atoms with Gasteiger partial charge >= 0.3 is 0 Å². The molecule has 0 aliphatic carbocycles. The van der Waals surface area contributed by atoms with Crippen LogP contribution in [0.1, 0.15) is 104 Å². The molecule has 0 saturated carbocycles. The predicted molar refractivity (Wildman–Crippen MR) is 173 cm³/mol. The molecule has 3 aromatic heterocycles. The molecule has 47 heavy (non-hydrogen) atoms. The number of thiazole rings is 1. The summed E-state index contributed by atoms with van der Waals surface area (Å²) in [7, 11) is 0. The number of nitrogens with zero attached hydrogens (tertiary/aromatic N) is 4. The third-order valence-electron chi connectivity index (χ3n) is 7.80. The van der Waals surface area contributed by atoms with Gasteiger partial charge in [0.1, 0.15) is 22.5 Å². The quantitative estimate of drug-likeness (QED) is 0.289. The second-order valence-corrected chi connectivity index (χ2v) is 12.7. The Morgan fingerprint density at radius 1 is 1.00 bits per heavy atom. The molecule has 2 atom stereocenters. The minimum absolute atomic E-state index is 0.0570. The number of hydrogen-bond donors (Lipinski definition) is 3. The molecular formula is C33H39N7O6S. The second kappa shape index (κ2) is 14.7.